The molecule has 7 heavy (non-hydrogen) atoms. The van der Waals surface area contributed by atoms with Gasteiger partial charge >= 0.3 is 0 Å². The Hall–Kier alpha value is -0.0400. The highest BCUT2D eigenvalue weighted by molar-refractivity contribution is 6.21. The Morgan fingerprint density at radius 2 is 2.00 bits per heavy atom. The van der Waals surface area contributed by atoms with Crippen molar-refractivity contribution in [3.8, 4) is 0 Å². The van der Waals surface area contributed by atoms with Crippen molar-refractivity contribution in [2.75, 3.05) is 0 Å². The molecule has 2 atom stereocenters. The molecule has 0 aliphatic heterocycles. The van der Waals surface area contributed by atoms with Gasteiger partial charge in [-0.3, -0.25) is 4.79 Å². The largest absolute Gasteiger partial charge is 0.291 e. The van der Waals surface area contributed by atoms with Crippen LogP contribution in [0.4, 0.5) is 0 Å². The van der Waals surface area contributed by atoms with Crippen LogP contribution in [0.2, 0.25) is 0 Å². The van der Waals surface area contributed by atoms with Crippen LogP contribution >= 0.6 is 11.6 Å². The van der Waals surface area contributed by atoms with Crippen molar-refractivity contribution in [1.82, 2.24) is 0 Å². The van der Waals surface area contributed by atoms with Crippen LogP contribution < -0.4 is 0 Å². The highest BCUT2D eigenvalue weighted by Gasteiger charge is 2.06. The smallest absolute Gasteiger partial charge is 0.202 e. The molecule has 0 aromatic rings. The number of hydrogen-bond donors (Lipinski definition) is 0. The highest BCUT2D eigenvalue weighted by Crippen LogP contribution is 2.04. The van der Waals surface area contributed by atoms with E-state index in [2.05, 4.69) is 0 Å². The molecule has 0 saturated carbocycles. The molecule has 0 aliphatic rings. The second-order valence-corrected chi connectivity index (χ2v) is 2.27. The van der Waals surface area contributed by atoms with E-state index in [0.29, 0.717) is 0 Å². The first-order valence-electron chi connectivity index (χ1n) is 2.20. The Labute approximate surface area is 48.7 Å². The van der Waals surface area contributed by atoms with Crippen LogP contribution in [0.15, 0.2) is 0 Å². The zero-order valence-electron chi connectivity index (χ0n) is 4.44. The first kappa shape index (κ1) is 6.96. The van der Waals surface area contributed by atoms with Gasteiger partial charge in [0, 0.05) is 11.3 Å². The van der Waals surface area contributed by atoms with E-state index >= 15 is 0 Å². The van der Waals surface area contributed by atoms with E-state index in [1.54, 1.807) is 20.1 Å². The van der Waals surface area contributed by atoms with Crippen LogP contribution in [-0.4, -0.2) is 11.7 Å². The Kier molecular flexibility index (Phi) is 3.01. The van der Waals surface area contributed by atoms with Gasteiger partial charge in [-0.15, -0.1) is 11.6 Å². The molecule has 1 nitrogen and oxygen atoms in total. The SMILES string of the molecule is CC(Cl)C(C)[C]=O. The average Bonchev–Trinajstić information content (AvgIpc) is 1.65. The summed E-state index contributed by atoms with van der Waals surface area (Å²) in [4.78, 5) is 9.74. The Morgan fingerprint density at radius 1 is 1.57 bits per heavy atom. The van der Waals surface area contributed by atoms with E-state index < -0.39 is 0 Å². The second-order valence-electron chi connectivity index (χ2n) is 1.58. The summed E-state index contributed by atoms with van der Waals surface area (Å²) in [5.41, 5.74) is 0. The van der Waals surface area contributed by atoms with Gasteiger partial charge in [-0.25, -0.2) is 0 Å². The molecule has 0 bridgehead atoms. The van der Waals surface area contributed by atoms with E-state index in [9.17, 15) is 4.79 Å². The third kappa shape index (κ3) is 2.63. The van der Waals surface area contributed by atoms with Gasteiger partial charge in [-0.1, -0.05) is 6.92 Å². The maximum absolute atomic E-state index is 9.74. The summed E-state index contributed by atoms with van der Waals surface area (Å²) in [5.74, 6) is -0.137. The van der Waals surface area contributed by atoms with E-state index in [0.717, 1.165) is 0 Å². The van der Waals surface area contributed by atoms with Crippen LogP contribution in [0, 0.1) is 5.92 Å². The Balaban J connectivity index is 3.33. The molecule has 2 unspecified atom stereocenters. The maximum Gasteiger partial charge on any atom is 0.202 e. The van der Waals surface area contributed by atoms with Crippen LogP contribution in [0.1, 0.15) is 13.8 Å². The minimum atomic E-state index is -0.137. The van der Waals surface area contributed by atoms with E-state index in [-0.39, 0.29) is 11.3 Å². The van der Waals surface area contributed by atoms with Gasteiger partial charge < -0.3 is 0 Å². The number of carbonyl (C=O) groups excluding carboxylic acids is 1. The lowest BCUT2D eigenvalue weighted by atomic mass is 10.1. The van der Waals surface area contributed by atoms with Gasteiger partial charge in [0.05, 0.1) is 0 Å². The van der Waals surface area contributed by atoms with Crippen LogP contribution in [-0.2, 0) is 4.79 Å². The van der Waals surface area contributed by atoms with Crippen LogP contribution in [0.5, 0.6) is 0 Å². The van der Waals surface area contributed by atoms with Crippen molar-refractivity contribution >= 4 is 17.9 Å². The molecular formula is C5H8ClO. The molecule has 0 amide bonds. The first-order valence-corrected chi connectivity index (χ1v) is 2.64. The van der Waals surface area contributed by atoms with Crippen molar-refractivity contribution in [2.24, 2.45) is 5.92 Å². The lowest BCUT2D eigenvalue weighted by Crippen LogP contribution is -2.06. The normalized spacial score (nSPS) is 18.1. The zero-order valence-corrected chi connectivity index (χ0v) is 5.20. The number of rotatable bonds is 2. The van der Waals surface area contributed by atoms with E-state index in [1.807, 2.05) is 0 Å². The summed E-state index contributed by atoms with van der Waals surface area (Å²) >= 11 is 5.47. The second kappa shape index (κ2) is 3.03. The third-order valence-corrected chi connectivity index (χ3v) is 1.25. The van der Waals surface area contributed by atoms with Gasteiger partial charge in [0.25, 0.3) is 0 Å². The molecule has 0 saturated heterocycles. The predicted molar refractivity (Wildman–Crippen MR) is 30.2 cm³/mol. The molecule has 0 aromatic carbocycles. The van der Waals surface area contributed by atoms with Gasteiger partial charge in [-0.2, -0.15) is 0 Å². The molecule has 0 heterocycles. The summed E-state index contributed by atoms with van der Waals surface area (Å²) < 4.78 is 0. The predicted octanol–water partition coefficient (Wildman–Crippen LogP) is 1.36. The summed E-state index contributed by atoms with van der Waals surface area (Å²) in [5, 5.41) is -0.0856. The number of hydrogen-bond acceptors (Lipinski definition) is 1. The third-order valence-electron chi connectivity index (χ3n) is 0.875. The van der Waals surface area contributed by atoms with Crippen molar-refractivity contribution < 1.29 is 4.79 Å². The van der Waals surface area contributed by atoms with E-state index in [1.165, 1.54) is 0 Å². The monoisotopic (exact) mass is 119 g/mol. The van der Waals surface area contributed by atoms with Crippen LogP contribution in [0.25, 0.3) is 0 Å². The fourth-order valence-electron chi connectivity index (χ4n) is 0.0938. The average molecular weight is 120 g/mol. The van der Waals surface area contributed by atoms with Crippen molar-refractivity contribution in [3.63, 3.8) is 0 Å². The Morgan fingerprint density at radius 3 is 2.00 bits per heavy atom. The van der Waals surface area contributed by atoms with Gasteiger partial charge in [0.15, 0.2) is 0 Å². The standard InChI is InChI=1S/C5H8ClO/c1-4(3-7)5(2)6/h4-5H,1-2H3. The molecule has 1 radical (unpaired) electrons. The molecule has 0 N–H and O–H groups in total. The lowest BCUT2D eigenvalue weighted by molar-refractivity contribution is 0.527. The fraction of sp³-hybridized carbons (Fsp3) is 0.800. The Bertz CT molecular complexity index is 61.1. The first-order chi connectivity index (χ1) is 3.18. The molecule has 0 spiro atoms. The molecule has 0 aromatic heterocycles. The summed E-state index contributed by atoms with van der Waals surface area (Å²) in [6.45, 7) is 3.52. The van der Waals surface area contributed by atoms with Gasteiger partial charge in [-0.05, 0) is 6.92 Å². The number of halogens is 1. The fourth-order valence-corrected chi connectivity index (χ4v) is 0.145. The molecule has 0 aliphatic carbocycles. The quantitative estimate of drug-likeness (QED) is 0.502. The van der Waals surface area contributed by atoms with Crippen molar-refractivity contribution in [1.29, 1.82) is 0 Å². The van der Waals surface area contributed by atoms with Crippen molar-refractivity contribution in [2.45, 2.75) is 19.2 Å². The highest BCUT2D eigenvalue weighted by atomic mass is 35.5. The topological polar surface area (TPSA) is 17.1 Å². The van der Waals surface area contributed by atoms with Gasteiger partial charge in [0.2, 0.25) is 6.29 Å². The minimum Gasteiger partial charge on any atom is -0.291 e. The molecule has 41 valence electrons. The van der Waals surface area contributed by atoms with E-state index in [4.69, 9.17) is 11.6 Å². The maximum atomic E-state index is 9.74. The van der Waals surface area contributed by atoms with Gasteiger partial charge in [0.1, 0.15) is 0 Å². The van der Waals surface area contributed by atoms with Crippen LogP contribution in [0.3, 0.4) is 0 Å². The minimum absolute atomic E-state index is 0.0856. The summed E-state index contributed by atoms with van der Waals surface area (Å²) in [6.07, 6.45) is 1.78. The summed E-state index contributed by atoms with van der Waals surface area (Å²) in [7, 11) is 0. The molecular weight excluding hydrogens is 112 g/mol. The number of alkyl halides is 1. The van der Waals surface area contributed by atoms with Crippen molar-refractivity contribution in [3.05, 3.63) is 0 Å². The summed E-state index contributed by atoms with van der Waals surface area (Å²) in [6, 6.07) is 0. The zero-order chi connectivity index (χ0) is 5.86. The molecule has 0 fully saturated rings. The lowest BCUT2D eigenvalue weighted by Gasteiger charge is -2.00. The molecule has 0 rings (SSSR count). The molecule has 2 heteroatoms.